The average molecular weight is 420 g/mol. The summed E-state index contributed by atoms with van der Waals surface area (Å²) in [5.74, 6) is -0.713. The van der Waals surface area contributed by atoms with Gasteiger partial charge in [0, 0.05) is 43.7 Å². The highest BCUT2D eigenvalue weighted by Gasteiger charge is 2.41. The second-order valence-electron chi connectivity index (χ2n) is 7.42. The van der Waals surface area contributed by atoms with Crippen LogP contribution in [0.2, 0.25) is 0 Å². The number of hydrogen-bond acceptors (Lipinski definition) is 6. The van der Waals surface area contributed by atoms with Gasteiger partial charge in [0.15, 0.2) is 23.3 Å². The second-order valence-corrected chi connectivity index (χ2v) is 7.42. The van der Waals surface area contributed by atoms with Crippen LogP contribution in [0.15, 0.2) is 55.4 Å². The summed E-state index contributed by atoms with van der Waals surface area (Å²) >= 11 is 0. The van der Waals surface area contributed by atoms with E-state index in [9.17, 15) is 8.78 Å². The van der Waals surface area contributed by atoms with Crippen molar-refractivity contribution in [3.8, 4) is 17.3 Å². The molecule has 0 aliphatic heterocycles. The summed E-state index contributed by atoms with van der Waals surface area (Å²) < 4.78 is 35.2. The van der Waals surface area contributed by atoms with E-state index in [1.165, 1.54) is 10.7 Å². The van der Waals surface area contributed by atoms with Crippen LogP contribution in [-0.2, 0) is 11.3 Å². The van der Waals surface area contributed by atoms with Gasteiger partial charge in [-0.3, -0.25) is 0 Å². The molecule has 0 unspecified atom stereocenters. The van der Waals surface area contributed by atoms with Crippen LogP contribution in [0.25, 0.3) is 17.3 Å². The van der Waals surface area contributed by atoms with Crippen LogP contribution in [0.5, 0.6) is 0 Å². The van der Waals surface area contributed by atoms with E-state index in [4.69, 9.17) is 4.74 Å². The molecule has 7 nitrogen and oxygen atoms in total. The summed E-state index contributed by atoms with van der Waals surface area (Å²) in [6.07, 6.45) is 10.8. The van der Waals surface area contributed by atoms with Gasteiger partial charge in [-0.05, 0) is 47.6 Å². The zero-order valence-corrected chi connectivity index (χ0v) is 16.6. The maximum Gasteiger partial charge on any atom is 0.197 e. The van der Waals surface area contributed by atoms with Crippen molar-refractivity contribution in [3.63, 3.8) is 0 Å². The SMILES string of the molecule is COCc1cnn(-c2cc([C@@H]3C[C@H]3c3cnc(-c4ncccn4)nc3)cc(F)c2F)c1. The van der Waals surface area contributed by atoms with Gasteiger partial charge >= 0.3 is 0 Å². The molecular weight excluding hydrogens is 402 g/mol. The Labute approximate surface area is 176 Å². The van der Waals surface area contributed by atoms with E-state index in [0.29, 0.717) is 18.3 Å². The average Bonchev–Trinajstić information content (AvgIpc) is 3.47. The molecule has 5 rings (SSSR count). The lowest BCUT2D eigenvalue weighted by atomic mass is 10.1. The van der Waals surface area contributed by atoms with Gasteiger partial charge in [0.2, 0.25) is 0 Å². The number of nitrogens with zero attached hydrogens (tertiary/aromatic N) is 6. The molecule has 1 aromatic carbocycles. The van der Waals surface area contributed by atoms with Gasteiger partial charge in [0.1, 0.15) is 5.69 Å². The monoisotopic (exact) mass is 420 g/mol. The van der Waals surface area contributed by atoms with Crippen LogP contribution < -0.4 is 0 Å². The van der Waals surface area contributed by atoms with Crippen LogP contribution in [0.1, 0.15) is 34.9 Å². The quantitative estimate of drug-likeness (QED) is 0.472. The fourth-order valence-corrected chi connectivity index (χ4v) is 3.70. The van der Waals surface area contributed by atoms with Crippen molar-refractivity contribution in [3.05, 3.63) is 83.7 Å². The van der Waals surface area contributed by atoms with Crippen molar-refractivity contribution in [1.29, 1.82) is 0 Å². The summed E-state index contributed by atoms with van der Waals surface area (Å²) in [4.78, 5) is 17.0. The fraction of sp³-hybridized carbons (Fsp3) is 0.227. The van der Waals surface area contributed by atoms with Crippen LogP contribution in [0.3, 0.4) is 0 Å². The minimum absolute atomic E-state index is 0.0604. The number of rotatable bonds is 6. The summed E-state index contributed by atoms with van der Waals surface area (Å²) in [7, 11) is 1.56. The molecule has 1 aliphatic rings. The molecule has 0 bridgehead atoms. The normalized spacial score (nSPS) is 17.6. The third kappa shape index (κ3) is 3.79. The zero-order valence-electron chi connectivity index (χ0n) is 16.6. The molecule has 2 atom stereocenters. The summed E-state index contributed by atoms with van der Waals surface area (Å²) in [5.41, 5.74) is 2.52. The van der Waals surface area contributed by atoms with Gasteiger partial charge in [0.25, 0.3) is 0 Å². The standard InChI is InChI=1S/C22H18F2N6O/c1-31-12-13-8-29-30(11-13)19-6-14(5-18(23)20(19)24)16-7-17(16)15-9-27-22(28-10-15)21-25-3-2-4-26-21/h2-6,8-11,16-17H,7,12H2,1H3/t16-,17-/m0/s1. The van der Waals surface area contributed by atoms with E-state index in [0.717, 1.165) is 23.1 Å². The van der Waals surface area contributed by atoms with Crippen molar-refractivity contribution in [2.24, 2.45) is 0 Å². The number of aromatic nitrogens is 6. The number of methoxy groups -OCH3 is 1. The molecule has 1 saturated carbocycles. The second kappa shape index (κ2) is 7.92. The molecule has 156 valence electrons. The Morgan fingerprint density at radius 3 is 2.42 bits per heavy atom. The van der Waals surface area contributed by atoms with Crippen molar-refractivity contribution < 1.29 is 13.5 Å². The molecule has 0 radical (unpaired) electrons. The van der Waals surface area contributed by atoms with E-state index in [1.54, 1.807) is 56.4 Å². The first kappa shape index (κ1) is 19.4. The number of hydrogen-bond donors (Lipinski definition) is 0. The first-order valence-electron chi connectivity index (χ1n) is 9.75. The smallest absolute Gasteiger partial charge is 0.197 e. The number of ether oxygens (including phenoxy) is 1. The maximum atomic E-state index is 14.5. The van der Waals surface area contributed by atoms with Crippen LogP contribution in [0.4, 0.5) is 8.78 Å². The van der Waals surface area contributed by atoms with Gasteiger partial charge in [-0.25, -0.2) is 33.4 Å². The van der Waals surface area contributed by atoms with Crippen molar-refractivity contribution in [2.75, 3.05) is 7.11 Å². The predicted octanol–water partition coefficient (Wildman–Crippen LogP) is 3.82. The maximum absolute atomic E-state index is 14.5. The molecule has 0 amide bonds. The Balaban J connectivity index is 1.38. The van der Waals surface area contributed by atoms with Gasteiger partial charge in [0.05, 0.1) is 12.8 Å². The molecule has 3 aromatic heterocycles. The fourth-order valence-electron chi connectivity index (χ4n) is 3.70. The molecule has 9 heteroatoms. The predicted molar refractivity (Wildman–Crippen MR) is 107 cm³/mol. The molecule has 3 heterocycles. The topological polar surface area (TPSA) is 78.6 Å². The first-order valence-corrected chi connectivity index (χ1v) is 9.75. The number of halogens is 2. The summed E-state index contributed by atoms with van der Waals surface area (Å²) in [5, 5.41) is 4.14. The van der Waals surface area contributed by atoms with Crippen LogP contribution >= 0.6 is 0 Å². The van der Waals surface area contributed by atoms with Gasteiger partial charge in [-0.15, -0.1) is 0 Å². The number of benzene rings is 1. The Hall–Kier alpha value is -3.59. The van der Waals surface area contributed by atoms with E-state index >= 15 is 0 Å². The summed E-state index contributed by atoms with van der Waals surface area (Å²) in [6.45, 7) is 0.346. The van der Waals surface area contributed by atoms with E-state index in [1.807, 2.05) is 0 Å². The van der Waals surface area contributed by atoms with Crippen molar-refractivity contribution >= 4 is 0 Å². The van der Waals surface area contributed by atoms with Crippen molar-refractivity contribution in [2.45, 2.75) is 24.9 Å². The minimum atomic E-state index is -0.927. The molecule has 0 N–H and O–H groups in total. The largest absolute Gasteiger partial charge is 0.380 e. The highest BCUT2D eigenvalue weighted by atomic mass is 19.2. The molecule has 1 fully saturated rings. The van der Waals surface area contributed by atoms with E-state index in [2.05, 4.69) is 25.0 Å². The third-order valence-electron chi connectivity index (χ3n) is 5.31. The molecular formula is C22H18F2N6O. The first-order chi connectivity index (χ1) is 15.1. The van der Waals surface area contributed by atoms with Crippen LogP contribution in [-0.4, -0.2) is 36.8 Å². The van der Waals surface area contributed by atoms with Gasteiger partial charge < -0.3 is 4.74 Å². The molecule has 0 spiro atoms. The third-order valence-corrected chi connectivity index (χ3v) is 5.31. The Bertz CT molecular complexity index is 1210. The van der Waals surface area contributed by atoms with Crippen LogP contribution in [0, 0.1) is 11.6 Å². The minimum Gasteiger partial charge on any atom is -0.380 e. The highest BCUT2D eigenvalue weighted by molar-refractivity contribution is 5.45. The summed E-state index contributed by atoms with van der Waals surface area (Å²) in [6, 6.07) is 4.64. The zero-order chi connectivity index (χ0) is 21.4. The van der Waals surface area contributed by atoms with E-state index < -0.39 is 11.6 Å². The lowest BCUT2D eigenvalue weighted by Gasteiger charge is -2.08. The van der Waals surface area contributed by atoms with E-state index in [-0.39, 0.29) is 17.5 Å². The Morgan fingerprint density at radius 2 is 1.68 bits per heavy atom. The molecule has 4 aromatic rings. The molecule has 31 heavy (non-hydrogen) atoms. The Kier molecular flexibility index (Phi) is 4.95. The molecule has 0 saturated heterocycles. The molecule has 1 aliphatic carbocycles. The van der Waals surface area contributed by atoms with Gasteiger partial charge in [-0.2, -0.15) is 5.10 Å². The Morgan fingerprint density at radius 1 is 0.968 bits per heavy atom. The lowest BCUT2D eigenvalue weighted by molar-refractivity contribution is 0.185. The van der Waals surface area contributed by atoms with Crippen molar-refractivity contribution in [1.82, 2.24) is 29.7 Å². The lowest BCUT2D eigenvalue weighted by Crippen LogP contribution is -2.03. The highest BCUT2D eigenvalue weighted by Crippen LogP contribution is 2.54. The van der Waals surface area contributed by atoms with Gasteiger partial charge in [-0.1, -0.05) is 0 Å².